The van der Waals surface area contributed by atoms with Gasteiger partial charge in [0.25, 0.3) is 0 Å². The molecule has 0 aliphatic carbocycles. The second-order valence-corrected chi connectivity index (χ2v) is 4.87. The molecule has 1 aromatic carbocycles. The summed E-state index contributed by atoms with van der Waals surface area (Å²) in [4.78, 5) is 24.5. The van der Waals surface area contributed by atoms with Crippen molar-refractivity contribution in [2.45, 2.75) is 32.0 Å². The fourth-order valence-corrected chi connectivity index (χ4v) is 2.23. The van der Waals surface area contributed by atoms with Gasteiger partial charge in [0.15, 0.2) is 0 Å². The van der Waals surface area contributed by atoms with Crippen molar-refractivity contribution in [1.82, 2.24) is 10.2 Å². The van der Waals surface area contributed by atoms with Crippen molar-refractivity contribution < 1.29 is 14.7 Å². The van der Waals surface area contributed by atoms with Gasteiger partial charge in [0.1, 0.15) is 6.04 Å². The van der Waals surface area contributed by atoms with Crippen LogP contribution in [-0.4, -0.2) is 41.0 Å². The first-order chi connectivity index (χ1) is 9.00. The molecule has 1 aliphatic heterocycles. The first kappa shape index (κ1) is 13.5. The van der Waals surface area contributed by atoms with Gasteiger partial charge in [-0.1, -0.05) is 24.3 Å². The number of carboxylic acids is 1. The Labute approximate surface area is 112 Å². The predicted molar refractivity (Wildman–Crippen MR) is 70.6 cm³/mol. The molecule has 5 heteroatoms. The number of carbonyl (C=O) groups excluding carboxylic acids is 1. The van der Waals surface area contributed by atoms with E-state index in [0.717, 1.165) is 5.56 Å². The van der Waals surface area contributed by atoms with Crippen LogP contribution in [0.25, 0.3) is 0 Å². The molecular formula is C14H18N2O3. The summed E-state index contributed by atoms with van der Waals surface area (Å²) in [6, 6.07) is 6.81. The SMILES string of the molecule is CC(C(=O)O)N(C)C(=O)[C@@H]1Cc2ccccc2CN1. The Kier molecular flexibility index (Phi) is 3.85. The summed E-state index contributed by atoms with van der Waals surface area (Å²) in [7, 11) is 1.53. The summed E-state index contributed by atoms with van der Waals surface area (Å²) < 4.78 is 0. The summed E-state index contributed by atoms with van der Waals surface area (Å²) in [5.74, 6) is -1.17. The molecule has 1 unspecified atom stereocenters. The van der Waals surface area contributed by atoms with Crippen LogP contribution in [0, 0.1) is 0 Å². The molecule has 0 aromatic heterocycles. The zero-order valence-electron chi connectivity index (χ0n) is 11.1. The van der Waals surface area contributed by atoms with Crippen LogP contribution in [0.5, 0.6) is 0 Å². The lowest BCUT2D eigenvalue weighted by Gasteiger charge is -2.30. The Morgan fingerprint density at radius 3 is 2.63 bits per heavy atom. The Morgan fingerprint density at radius 2 is 2.00 bits per heavy atom. The Morgan fingerprint density at radius 1 is 1.37 bits per heavy atom. The van der Waals surface area contributed by atoms with Crippen LogP contribution in [0.4, 0.5) is 0 Å². The summed E-state index contributed by atoms with van der Waals surface area (Å²) >= 11 is 0. The maximum absolute atomic E-state index is 12.3. The van der Waals surface area contributed by atoms with Gasteiger partial charge in [-0.2, -0.15) is 0 Å². The molecule has 0 saturated carbocycles. The Balaban J connectivity index is 2.08. The number of hydrogen-bond acceptors (Lipinski definition) is 3. The minimum Gasteiger partial charge on any atom is -0.480 e. The highest BCUT2D eigenvalue weighted by atomic mass is 16.4. The number of benzene rings is 1. The van der Waals surface area contributed by atoms with Crippen molar-refractivity contribution in [2.75, 3.05) is 7.05 Å². The number of likely N-dealkylation sites (N-methyl/N-ethyl adjacent to an activating group) is 1. The maximum Gasteiger partial charge on any atom is 0.326 e. The number of carbonyl (C=O) groups is 2. The van der Waals surface area contributed by atoms with E-state index in [-0.39, 0.29) is 11.9 Å². The van der Waals surface area contributed by atoms with Crippen LogP contribution in [-0.2, 0) is 22.6 Å². The van der Waals surface area contributed by atoms with Gasteiger partial charge in [-0.3, -0.25) is 4.79 Å². The highest BCUT2D eigenvalue weighted by Crippen LogP contribution is 2.17. The van der Waals surface area contributed by atoms with Crippen molar-refractivity contribution >= 4 is 11.9 Å². The van der Waals surface area contributed by atoms with Gasteiger partial charge in [-0.15, -0.1) is 0 Å². The molecule has 1 heterocycles. The fourth-order valence-electron chi connectivity index (χ4n) is 2.23. The largest absolute Gasteiger partial charge is 0.480 e. The second kappa shape index (κ2) is 5.40. The summed E-state index contributed by atoms with van der Waals surface area (Å²) in [6.07, 6.45) is 0.603. The molecule has 0 saturated heterocycles. The third kappa shape index (κ3) is 2.76. The van der Waals surface area contributed by atoms with E-state index in [1.54, 1.807) is 0 Å². The smallest absolute Gasteiger partial charge is 0.326 e. The lowest BCUT2D eigenvalue weighted by molar-refractivity contribution is -0.149. The van der Waals surface area contributed by atoms with E-state index in [1.165, 1.54) is 24.4 Å². The molecule has 102 valence electrons. The first-order valence-corrected chi connectivity index (χ1v) is 6.30. The molecule has 5 nitrogen and oxygen atoms in total. The molecule has 0 radical (unpaired) electrons. The third-order valence-corrected chi connectivity index (χ3v) is 3.67. The molecule has 0 bridgehead atoms. The summed E-state index contributed by atoms with van der Waals surface area (Å²) in [5, 5.41) is 12.1. The molecule has 1 aliphatic rings. The standard InChI is InChI=1S/C14H18N2O3/c1-9(14(18)19)16(2)13(17)12-7-10-5-3-4-6-11(10)8-15-12/h3-6,9,12,15H,7-8H2,1-2H3,(H,18,19)/t9?,12-/m0/s1. The Bertz CT molecular complexity index is 501. The van der Waals surface area contributed by atoms with Crippen LogP contribution in [0.2, 0.25) is 0 Å². The molecule has 0 spiro atoms. The highest BCUT2D eigenvalue weighted by Gasteiger charge is 2.30. The van der Waals surface area contributed by atoms with Crippen LogP contribution >= 0.6 is 0 Å². The van der Waals surface area contributed by atoms with Gasteiger partial charge in [0.05, 0.1) is 6.04 Å². The predicted octanol–water partition coefficient (Wildman–Crippen LogP) is 0.632. The van der Waals surface area contributed by atoms with Crippen molar-refractivity contribution in [3.63, 3.8) is 0 Å². The molecule has 0 fully saturated rings. The molecule has 1 aromatic rings. The highest BCUT2D eigenvalue weighted by molar-refractivity contribution is 5.87. The van der Waals surface area contributed by atoms with Gasteiger partial charge in [-0.05, 0) is 24.5 Å². The molecule has 2 rings (SSSR count). The van der Waals surface area contributed by atoms with E-state index in [2.05, 4.69) is 5.32 Å². The van der Waals surface area contributed by atoms with Gasteiger partial charge in [-0.25, -0.2) is 4.79 Å². The van der Waals surface area contributed by atoms with E-state index in [0.29, 0.717) is 13.0 Å². The van der Waals surface area contributed by atoms with Crippen LogP contribution < -0.4 is 5.32 Å². The quantitative estimate of drug-likeness (QED) is 0.838. The summed E-state index contributed by atoms with van der Waals surface area (Å²) in [5.41, 5.74) is 2.34. The molecule has 2 N–H and O–H groups in total. The number of nitrogens with one attached hydrogen (secondary N) is 1. The zero-order chi connectivity index (χ0) is 14.0. The zero-order valence-corrected chi connectivity index (χ0v) is 11.1. The number of rotatable bonds is 3. The van der Waals surface area contributed by atoms with Crippen molar-refractivity contribution in [1.29, 1.82) is 0 Å². The average Bonchev–Trinajstić information content (AvgIpc) is 2.44. The summed E-state index contributed by atoms with van der Waals surface area (Å²) in [6.45, 7) is 2.15. The topological polar surface area (TPSA) is 69.6 Å². The van der Waals surface area contributed by atoms with Crippen LogP contribution in [0.1, 0.15) is 18.1 Å². The van der Waals surface area contributed by atoms with Gasteiger partial charge in [0, 0.05) is 13.6 Å². The normalized spacial score (nSPS) is 19.4. The van der Waals surface area contributed by atoms with E-state index in [1.807, 2.05) is 24.3 Å². The number of aliphatic carboxylic acids is 1. The van der Waals surface area contributed by atoms with Crippen molar-refractivity contribution in [3.8, 4) is 0 Å². The maximum atomic E-state index is 12.3. The van der Waals surface area contributed by atoms with E-state index < -0.39 is 12.0 Å². The minimum absolute atomic E-state index is 0.176. The van der Waals surface area contributed by atoms with Gasteiger partial charge < -0.3 is 15.3 Å². The number of fused-ring (bicyclic) bond motifs is 1. The van der Waals surface area contributed by atoms with Crippen molar-refractivity contribution in [2.24, 2.45) is 0 Å². The van der Waals surface area contributed by atoms with Crippen molar-refractivity contribution in [3.05, 3.63) is 35.4 Å². The Hall–Kier alpha value is -1.88. The van der Waals surface area contributed by atoms with E-state index in [4.69, 9.17) is 5.11 Å². The van der Waals surface area contributed by atoms with Crippen LogP contribution in [0.3, 0.4) is 0 Å². The van der Waals surface area contributed by atoms with E-state index in [9.17, 15) is 9.59 Å². The van der Waals surface area contributed by atoms with Gasteiger partial charge >= 0.3 is 5.97 Å². The molecule has 19 heavy (non-hydrogen) atoms. The molecule has 2 atom stereocenters. The lowest BCUT2D eigenvalue weighted by Crippen LogP contribution is -2.52. The van der Waals surface area contributed by atoms with E-state index >= 15 is 0 Å². The van der Waals surface area contributed by atoms with Crippen LogP contribution in [0.15, 0.2) is 24.3 Å². The third-order valence-electron chi connectivity index (χ3n) is 3.67. The first-order valence-electron chi connectivity index (χ1n) is 6.30. The number of amides is 1. The second-order valence-electron chi connectivity index (χ2n) is 4.87. The average molecular weight is 262 g/mol. The minimum atomic E-state index is -0.993. The number of nitrogens with zero attached hydrogens (tertiary/aromatic N) is 1. The molecule has 1 amide bonds. The monoisotopic (exact) mass is 262 g/mol. The number of carboxylic acid groups (broad SMARTS) is 1. The number of hydrogen-bond donors (Lipinski definition) is 2. The molecular weight excluding hydrogens is 244 g/mol. The fraction of sp³-hybridized carbons (Fsp3) is 0.429. The van der Waals surface area contributed by atoms with Gasteiger partial charge in [0.2, 0.25) is 5.91 Å². The lowest BCUT2D eigenvalue weighted by atomic mass is 9.95.